The molecule has 0 aromatic heterocycles. The van der Waals surface area contributed by atoms with Gasteiger partial charge in [0.05, 0.1) is 24.0 Å². The van der Waals surface area contributed by atoms with Crippen molar-refractivity contribution in [2.45, 2.75) is 0 Å². The Hall–Kier alpha value is -3.97. The summed E-state index contributed by atoms with van der Waals surface area (Å²) in [5.74, 6) is -2.49. The molecule has 0 spiro atoms. The number of benzene rings is 2. The number of nitro groups is 1. The minimum absolute atomic E-state index is 0.0128. The van der Waals surface area contributed by atoms with Crippen molar-refractivity contribution in [3.05, 3.63) is 68.1 Å². The third kappa shape index (κ3) is 4.78. The van der Waals surface area contributed by atoms with E-state index in [1.54, 1.807) is 0 Å². The van der Waals surface area contributed by atoms with Gasteiger partial charge in [0, 0.05) is 17.7 Å². The Morgan fingerprint density at radius 1 is 1.18 bits per heavy atom. The number of carbonyl (C=O) groups is 3. The summed E-state index contributed by atoms with van der Waals surface area (Å²) < 4.78 is 10.3. The summed E-state index contributed by atoms with van der Waals surface area (Å²) in [5, 5.41) is 21.2. The van der Waals surface area contributed by atoms with E-state index in [0.29, 0.717) is 0 Å². The van der Waals surface area contributed by atoms with Crippen LogP contribution >= 0.6 is 24.0 Å². The van der Waals surface area contributed by atoms with Crippen LogP contribution in [0.5, 0.6) is 11.5 Å². The highest BCUT2D eigenvalue weighted by Gasteiger charge is 2.34. The number of rotatable bonds is 7. The zero-order valence-corrected chi connectivity index (χ0v) is 18.7. The highest BCUT2D eigenvalue weighted by atomic mass is 32.2. The summed E-state index contributed by atoms with van der Waals surface area (Å²) in [7, 11) is 2.66. The van der Waals surface area contributed by atoms with E-state index in [1.165, 1.54) is 44.6 Å². The molecule has 1 aliphatic rings. The van der Waals surface area contributed by atoms with Crippen LogP contribution in [-0.2, 0) is 4.79 Å². The van der Waals surface area contributed by atoms with Crippen molar-refractivity contribution < 1.29 is 33.9 Å². The van der Waals surface area contributed by atoms with Crippen LogP contribution in [0.4, 0.5) is 5.69 Å². The maximum absolute atomic E-state index is 12.8. The zero-order valence-electron chi connectivity index (χ0n) is 17.1. The van der Waals surface area contributed by atoms with Gasteiger partial charge in [-0.25, -0.2) is 4.79 Å². The van der Waals surface area contributed by atoms with E-state index < -0.39 is 22.7 Å². The van der Waals surface area contributed by atoms with Crippen molar-refractivity contribution in [1.29, 1.82) is 0 Å². The monoisotopic (exact) mass is 489 g/mol. The van der Waals surface area contributed by atoms with E-state index in [2.05, 4.69) is 5.43 Å². The van der Waals surface area contributed by atoms with Gasteiger partial charge in [-0.2, -0.15) is 5.01 Å². The van der Waals surface area contributed by atoms with Gasteiger partial charge in [0.2, 0.25) is 0 Å². The molecule has 0 atom stereocenters. The molecule has 0 aliphatic carbocycles. The molecule has 0 saturated carbocycles. The SMILES string of the molecule is COc1ccc(/C=C2/SC(=S)N(NC(=O)c3ccc([N+](=O)[O-])cc3)C2=O)c(C(=O)O)c1OC. The molecule has 0 bridgehead atoms. The number of carbonyl (C=O) groups excluding carboxylic acids is 2. The molecule has 13 heteroatoms. The summed E-state index contributed by atoms with van der Waals surface area (Å²) in [4.78, 5) is 47.3. The second kappa shape index (κ2) is 9.67. The van der Waals surface area contributed by atoms with Crippen LogP contribution in [0.15, 0.2) is 41.3 Å². The van der Waals surface area contributed by atoms with Gasteiger partial charge in [0.15, 0.2) is 15.8 Å². The van der Waals surface area contributed by atoms with Gasteiger partial charge in [0.25, 0.3) is 17.5 Å². The van der Waals surface area contributed by atoms with E-state index in [9.17, 15) is 29.6 Å². The van der Waals surface area contributed by atoms with Gasteiger partial charge in [0.1, 0.15) is 5.56 Å². The van der Waals surface area contributed by atoms with Crippen molar-refractivity contribution in [3.8, 4) is 11.5 Å². The summed E-state index contributed by atoms with van der Waals surface area (Å²) in [6.45, 7) is 0. The number of carboxylic acids is 1. The highest BCUT2D eigenvalue weighted by Crippen LogP contribution is 2.37. The lowest BCUT2D eigenvalue weighted by molar-refractivity contribution is -0.384. The van der Waals surface area contributed by atoms with Crippen molar-refractivity contribution in [3.63, 3.8) is 0 Å². The number of hydrogen-bond acceptors (Lipinski definition) is 9. The van der Waals surface area contributed by atoms with Crippen molar-refractivity contribution in [2.24, 2.45) is 0 Å². The smallest absolute Gasteiger partial charge is 0.340 e. The van der Waals surface area contributed by atoms with E-state index in [-0.39, 0.29) is 43.1 Å². The number of hydrogen-bond donors (Lipinski definition) is 2. The summed E-state index contributed by atoms with van der Waals surface area (Å²) in [5.41, 5.74) is 2.19. The third-order valence-electron chi connectivity index (χ3n) is 4.43. The van der Waals surface area contributed by atoms with Gasteiger partial charge in [-0.1, -0.05) is 17.8 Å². The van der Waals surface area contributed by atoms with Crippen molar-refractivity contribution in [1.82, 2.24) is 10.4 Å². The number of nitrogens with zero attached hydrogens (tertiary/aromatic N) is 2. The molecule has 1 fully saturated rings. The minimum Gasteiger partial charge on any atom is -0.493 e. The standard InChI is InChI=1S/C20H15N3O8S2/c1-30-13-8-5-11(15(19(26)27)16(13)31-2)9-14-18(25)22(20(32)33-14)21-17(24)10-3-6-12(7-4-10)23(28)29/h3-9H,1-2H3,(H,21,24)(H,26,27)/b14-9+. The second-order valence-corrected chi connectivity index (χ2v) is 8.01. The van der Waals surface area contributed by atoms with E-state index in [1.807, 2.05) is 0 Å². The predicted molar refractivity (Wildman–Crippen MR) is 122 cm³/mol. The molecule has 1 heterocycles. The molecule has 2 aromatic rings. The van der Waals surface area contributed by atoms with Crippen LogP contribution in [0.2, 0.25) is 0 Å². The number of thiocarbonyl (C=S) groups is 1. The minimum atomic E-state index is -1.29. The second-order valence-electron chi connectivity index (χ2n) is 6.33. The van der Waals surface area contributed by atoms with Gasteiger partial charge in [-0.05, 0) is 42.1 Å². The molecule has 3 rings (SSSR count). The molecule has 0 unspecified atom stereocenters. The molecular formula is C20H15N3O8S2. The summed E-state index contributed by atoms with van der Waals surface area (Å²) >= 11 is 6.03. The maximum Gasteiger partial charge on any atom is 0.340 e. The number of aromatic carboxylic acids is 1. The Bertz CT molecular complexity index is 1210. The number of hydrazine groups is 1. The Balaban J connectivity index is 1.88. The molecule has 0 radical (unpaired) electrons. The first kappa shape index (κ1) is 23.7. The number of ether oxygens (including phenoxy) is 2. The lowest BCUT2D eigenvalue weighted by Crippen LogP contribution is -2.44. The average molecular weight is 489 g/mol. The van der Waals surface area contributed by atoms with Crippen molar-refractivity contribution >= 4 is 57.8 Å². The molecular weight excluding hydrogens is 474 g/mol. The molecule has 1 saturated heterocycles. The fourth-order valence-corrected chi connectivity index (χ4v) is 4.06. The lowest BCUT2D eigenvalue weighted by atomic mass is 10.0. The number of nitro benzene ring substituents is 1. The molecule has 2 amide bonds. The number of carboxylic acid groups (broad SMARTS) is 1. The fraction of sp³-hybridized carbons (Fsp3) is 0.100. The van der Waals surface area contributed by atoms with Crippen LogP contribution in [0.3, 0.4) is 0 Å². The normalized spacial score (nSPS) is 14.4. The van der Waals surface area contributed by atoms with E-state index in [4.69, 9.17) is 21.7 Å². The molecule has 2 N–H and O–H groups in total. The molecule has 11 nitrogen and oxygen atoms in total. The van der Waals surface area contributed by atoms with Crippen LogP contribution in [-0.4, -0.2) is 51.4 Å². The number of nitrogens with one attached hydrogen (secondary N) is 1. The van der Waals surface area contributed by atoms with Crippen LogP contribution in [0.1, 0.15) is 26.3 Å². The number of non-ortho nitro benzene ring substituents is 1. The number of methoxy groups -OCH3 is 2. The first-order chi connectivity index (χ1) is 15.7. The fourth-order valence-electron chi connectivity index (χ4n) is 2.89. The van der Waals surface area contributed by atoms with E-state index in [0.717, 1.165) is 28.9 Å². The average Bonchev–Trinajstić information content (AvgIpc) is 3.05. The lowest BCUT2D eigenvalue weighted by Gasteiger charge is -2.15. The molecule has 170 valence electrons. The van der Waals surface area contributed by atoms with Gasteiger partial charge in [-0.3, -0.25) is 25.1 Å². The van der Waals surface area contributed by atoms with Crippen molar-refractivity contribution in [2.75, 3.05) is 14.2 Å². The Kier molecular flexibility index (Phi) is 6.94. The number of amides is 2. The first-order valence-electron chi connectivity index (χ1n) is 8.99. The summed E-state index contributed by atoms with van der Waals surface area (Å²) in [6, 6.07) is 7.74. The zero-order chi connectivity index (χ0) is 24.3. The largest absolute Gasteiger partial charge is 0.493 e. The first-order valence-corrected chi connectivity index (χ1v) is 10.2. The third-order valence-corrected chi connectivity index (χ3v) is 5.73. The summed E-state index contributed by atoms with van der Waals surface area (Å²) in [6.07, 6.45) is 1.32. The van der Waals surface area contributed by atoms with E-state index >= 15 is 0 Å². The molecule has 33 heavy (non-hydrogen) atoms. The predicted octanol–water partition coefficient (Wildman–Crippen LogP) is 2.86. The maximum atomic E-state index is 12.8. The van der Waals surface area contributed by atoms with Crippen LogP contribution < -0.4 is 14.9 Å². The topological polar surface area (TPSA) is 148 Å². The van der Waals surface area contributed by atoms with Crippen LogP contribution in [0, 0.1) is 10.1 Å². The van der Waals surface area contributed by atoms with Gasteiger partial charge >= 0.3 is 5.97 Å². The van der Waals surface area contributed by atoms with Gasteiger partial charge in [-0.15, -0.1) is 0 Å². The quantitative estimate of drug-likeness (QED) is 0.257. The molecule has 2 aromatic carbocycles. The Morgan fingerprint density at radius 3 is 2.39 bits per heavy atom. The molecule has 1 aliphatic heterocycles. The highest BCUT2D eigenvalue weighted by molar-refractivity contribution is 8.26. The Labute approximate surface area is 196 Å². The Morgan fingerprint density at radius 2 is 1.85 bits per heavy atom. The van der Waals surface area contributed by atoms with Gasteiger partial charge < -0.3 is 14.6 Å². The van der Waals surface area contributed by atoms with Crippen LogP contribution in [0.25, 0.3) is 6.08 Å². The number of thioether (sulfide) groups is 1.